The van der Waals surface area contributed by atoms with Crippen molar-refractivity contribution in [1.29, 1.82) is 0 Å². The first-order valence-electron chi connectivity index (χ1n) is 9.19. The average molecular weight is 482 g/mol. The zero-order chi connectivity index (χ0) is 18.8. The normalized spacial score (nSPS) is 10.9. The standard InChI is InChI=1S/C21H30N4O.HI/c1-5-22-21(24-13-11-19-9-7-17(3)25-15-19)23-12-10-18-8-6-16(2)20(14-18)26-4;/h6-9,14-15H,5,10-13H2,1-4H3,(H2,22,23,24);1H. The fourth-order valence-electron chi connectivity index (χ4n) is 2.63. The van der Waals surface area contributed by atoms with Crippen LogP contribution in [0.3, 0.4) is 0 Å². The van der Waals surface area contributed by atoms with Crippen LogP contribution in [0.5, 0.6) is 5.75 Å². The predicted octanol–water partition coefficient (Wildman–Crippen LogP) is 3.67. The molecule has 1 heterocycles. The maximum absolute atomic E-state index is 5.39. The lowest BCUT2D eigenvalue weighted by Gasteiger charge is -2.11. The lowest BCUT2D eigenvalue weighted by Crippen LogP contribution is -2.38. The molecule has 148 valence electrons. The Morgan fingerprint density at radius 1 is 1.07 bits per heavy atom. The molecule has 0 saturated heterocycles. The molecule has 0 aliphatic heterocycles. The van der Waals surface area contributed by atoms with Crippen LogP contribution in [-0.2, 0) is 12.8 Å². The third-order valence-corrected chi connectivity index (χ3v) is 4.17. The number of nitrogens with one attached hydrogen (secondary N) is 2. The van der Waals surface area contributed by atoms with Crippen LogP contribution in [0, 0.1) is 13.8 Å². The van der Waals surface area contributed by atoms with Gasteiger partial charge in [-0.3, -0.25) is 9.98 Å². The predicted molar refractivity (Wildman–Crippen MR) is 124 cm³/mol. The van der Waals surface area contributed by atoms with Crippen molar-refractivity contribution in [1.82, 2.24) is 15.6 Å². The lowest BCUT2D eigenvalue weighted by atomic mass is 10.1. The van der Waals surface area contributed by atoms with E-state index in [1.54, 1.807) is 7.11 Å². The van der Waals surface area contributed by atoms with Crippen molar-refractivity contribution in [3.8, 4) is 5.75 Å². The number of hydrogen-bond donors (Lipinski definition) is 2. The second-order valence-electron chi connectivity index (χ2n) is 6.30. The Morgan fingerprint density at radius 3 is 2.52 bits per heavy atom. The van der Waals surface area contributed by atoms with Gasteiger partial charge in [-0.15, -0.1) is 24.0 Å². The van der Waals surface area contributed by atoms with Crippen molar-refractivity contribution in [2.75, 3.05) is 26.7 Å². The first-order valence-corrected chi connectivity index (χ1v) is 9.19. The molecule has 0 aliphatic carbocycles. The minimum absolute atomic E-state index is 0. The highest BCUT2D eigenvalue weighted by molar-refractivity contribution is 14.0. The molecule has 2 aromatic rings. The van der Waals surface area contributed by atoms with E-state index >= 15 is 0 Å². The van der Waals surface area contributed by atoms with Gasteiger partial charge in [0.2, 0.25) is 0 Å². The van der Waals surface area contributed by atoms with E-state index in [-0.39, 0.29) is 24.0 Å². The van der Waals surface area contributed by atoms with Crippen molar-refractivity contribution in [2.45, 2.75) is 33.6 Å². The number of methoxy groups -OCH3 is 1. The van der Waals surface area contributed by atoms with Gasteiger partial charge in [0, 0.05) is 31.5 Å². The third kappa shape index (κ3) is 8.15. The number of ether oxygens (including phenoxy) is 1. The lowest BCUT2D eigenvalue weighted by molar-refractivity contribution is 0.411. The topological polar surface area (TPSA) is 58.5 Å². The maximum atomic E-state index is 5.39. The van der Waals surface area contributed by atoms with Gasteiger partial charge in [-0.2, -0.15) is 0 Å². The Hall–Kier alpha value is -1.83. The van der Waals surface area contributed by atoms with Gasteiger partial charge in [-0.25, -0.2) is 0 Å². The van der Waals surface area contributed by atoms with Gasteiger partial charge < -0.3 is 15.4 Å². The fourth-order valence-corrected chi connectivity index (χ4v) is 2.63. The van der Waals surface area contributed by atoms with E-state index in [4.69, 9.17) is 4.74 Å². The van der Waals surface area contributed by atoms with Crippen LogP contribution in [-0.4, -0.2) is 37.7 Å². The highest BCUT2D eigenvalue weighted by Crippen LogP contribution is 2.19. The zero-order valence-electron chi connectivity index (χ0n) is 16.7. The summed E-state index contributed by atoms with van der Waals surface area (Å²) >= 11 is 0. The molecular formula is C21H31IN4O. The van der Waals surface area contributed by atoms with E-state index in [1.165, 1.54) is 11.1 Å². The monoisotopic (exact) mass is 482 g/mol. The molecule has 0 aliphatic rings. The number of guanidine groups is 1. The molecule has 0 atom stereocenters. The maximum Gasteiger partial charge on any atom is 0.191 e. The molecule has 0 fully saturated rings. The van der Waals surface area contributed by atoms with Crippen LogP contribution < -0.4 is 15.4 Å². The Bertz CT molecular complexity index is 717. The van der Waals surface area contributed by atoms with Gasteiger partial charge in [0.25, 0.3) is 0 Å². The molecule has 0 spiro atoms. The van der Waals surface area contributed by atoms with Gasteiger partial charge >= 0.3 is 0 Å². The summed E-state index contributed by atoms with van der Waals surface area (Å²) in [5.41, 5.74) is 4.66. The van der Waals surface area contributed by atoms with Gasteiger partial charge in [-0.1, -0.05) is 18.2 Å². The minimum Gasteiger partial charge on any atom is -0.496 e. The first-order chi connectivity index (χ1) is 12.6. The summed E-state index contributed by atoms with van der Waals surface area (Å²) in [4.78, 5) is 9.00. The largest absolute Gasteiger partial charge is 0.496 e. The van der Waals surface area contributed by atoms with Crippen LogP contribution in [0.15, 0.2) is 41.5 Å². The van der Waals surface area contributed by atoms with Crippen molar-refractivity contribution in [2.24, 2.45) is 4.99 Å². The summed E-state index contributed by atoms with van der Waals surface area (Å²) in [6.45, 7) is 8.53. The fraction of sp³-hybridized carbons (Fsp3) is 0.429. The summed E-state index contributed by atoms with van der Waals surface area (Å²) in [6, 6.07) is 10.5. The molecule has 0 radical (unpaired) electrons. The number of halogens is 1. The summed E-state index contributed by atoms with van der Waals surface area (Å²) in [6.07, 6.45) is 3.74. The summed E-state index contributed by atoms with van der Waals surface area (Å²) in [5.74, 6) is 1.79. The number of aromatic nitrogens is 1. The molecule has 0 bridgehead atoms. The summed E-state index contributed by atoms with van der Waals surface area (Å²) in [5, 5.41) is 6.68. The van der Waals surface area contributed by atoms with Crippen molar-refractivity contribution < 1.29 is 4.74 Å². The number of nitrogens with zero attached hydrogens (tertiary/aromatic N) is 2. The van der Waals surface area contributed by atoms with Gasteiger partial charge in [0.1, 0.15) is 5.75 Å². The van der Waals surface area contributed by atoms with Crippen molar-refractivity contribution >= 4 is 29.9 Å². The number of rotatable bonds is 8. The Morgan fingerprint density at radius 2 is 1.85 bits per heavy atom. The summed E-state index contributed by atoms with van der Waals surface area (Å²) in [7, 11) is 1.71. The van der Waals surface area contributed by atoms with Crippen LogP contribution in [0.1, 0.15) is 29.3 Å². The van der Waals surface area contributed by atoms with E-state index in [1.807, 2.05) is 19.2 Å². The average Bonchev–Trinajstić information content (AvgIpc) is 2.64. The van der Waals surface area contributed by atoms with Crippen LogP contribution in [0.2, 0.25) is 0 Å². The van der Waals surface area contributed by atoms with E-state index in [9.17, 15) is 0 Å². The van der Waals surface area contributed by atoms with Crippen molar-refractivity contribution in [3.05, 3.63) is 58.9 Å². The van der Waals surface area contributed by atoms with E-state index in [2.05, 4.69) is 58.7 Å². The molecule has 2 rings (SSSR count). The Labute approximate surface area is 180 Å². The van der Waals surface area contributed by atoms with Gasteiger partial charge in [0.05, 0.1) is 7.11 Å². The Balaban J connectivity index is 0.00000364. The number of hydrogen-bond acceptors (Lipinski definition) is 3. The molecule has 1 aromatic carbocycles. The van der Waals surface area contributed by atoms with Crippen LogP contribution >= 0.6 is 24.0 Å². The molecule has 27 heavy (non-hydrogen) atoms. The van der Waals surface area contributed by atoms with Gasteiger partial charge in [0.15, 0.2) is 5.96 Å². The highest BCUT2D eigenvalue weighted by atomic mass is 127. The summed E-state index contributed by atoms with van der Waals surface area (Å²) < 4.78 is 5.39. The number of aryl methyl sites for hydroxylation is 2. The number of aliphatic imine (C=N–C) groups is 1. The molecule has 1 aromatic heterocycles. The zero-order valence-corrected chi connectivity index (χ0v) is 19.0. The Kier molecular flexibility index (Phi) is 10.8. The smallest absolute Gasteiger partial charge is 0.191 e. The number of benzene rings is 1. The number of pyridine rings is 1. The quantitative estimate of drug-likeness (QED) is 0.343. The molecule has 0 saturated carbocycles. The molecular weight excluding hydrogens is 451 g/mol. The van der Waals surface area contributed by atoms with Gasteiger partial charge in [-0.05, 0) is 62.4 Å². The molecule has 2 N–H and O–H groups in total. The minimum atomic E-state index is 0. The highest BCUT2D eigenvalue weighted by Gasteiger charge is 2.02. The van der Waals surface area contributed by atoms with Crippen molar-refractivity contribution in [3.63, 3.8) is 0 Å². The first kappa shape index (κ1) is 23.2. The van der Waals surface area contributed by atoms with E-state index in [0.717, 1.165) is 55.4 Å². The van der Waals surface area contributed by atoms with E-state index in [0.29, 0.717) is 0 Å². The molecule has 5 nitrogen and oxygen atoms in total. The SMILES string of the molecule is CCNC(=NCCc1ccc(C)c(OC)c1)NCCc1ccc(C)nc1.I. The third-order valence-electron chi connectivity index (χ3n) is 4.17. The van der Waals surface area contributed by atoms with Crippen LogP contribution in [0.25, 0.3) is 0 Å². The molecule has 0 amide bonds. The molecule has 0 unspecified atom stereocenters. The second-order valence-corrected chi connectivity index (χ2v) is 6.30. The van der Waals surface area contributed by atoms with Crippen LogP contribution in [0.4, 0.5) is 0 Å². The molecule has 6 heteroatoms. The van der Waals surface area contributed by atoms with E-state index < -0.39 is 0 Å². The second kappa shape index (κ2) is 12.5.